The van der Waals surface area contributed by atoms with Crippen LogP contribution in [0.5, 0.6) is 0 Å². The smallest absolute Gasteiger partial charge is 0.159 e. The van der Waals surface area contributed by atoms with Gasteiger partial charge in [0.25, 0.3) is 0 Å². The normalized spacial score (nSPS) is 13.2. The average molecular weight is 352 g/mol. The predicted molar refractivity (Wildman–Crippen MR) is 99.5 cm³/mol. The van der Waals surface area contributed by atoms with E-state index in [2.05, 4.69) is 37.9 Å². The maximum atomic E-state index is 6.61. The highest BCUT2D eigenvalue weighted by molar-refractivity contribution is 6.36. The van der Waals surface area contributed by atoms with Gasteiger partial charge in [-0.1, -0.05) is 48.0 Å². The molecule has 0 spiro atoms. The van der Waals surface area contributed by atoms with Crippen molar-refractivity contribution in [3.63, 3.8) is 0 Å². The molecule has 126 valence electrons. The maximum Gasteiger partial charge on any atom is 0.159 e. The first kappa shape index (κ1) is 16.0. The maximum absolute atomic E-state index is 6.61. The Morgan fingerprint density at radius 2 is 1.84 bits per heavy atom. The largest absolute Gasteiger partial charge is 0.302 e. The molecule has 0 atom stereocenters. The standard InChI is InChI=1S/C19H18ClN5/c1-24(2)12-17-23-22-16-11-21-19(13-7-4-3-5-8-13)18-14(20)9-6-10-15(18)25(16)17/h3-10H,11-12H2,1-2H3. The number of nitrogens with zero attached hydrogens (tertiary/aromatic N) is 5. The number of aromatic nitrogens is 3. The lowest BCUT2D eigenvalue weighted by Crippen LogP contribution is -2.16. The molecule has 0 N–H and O–H groups in total. The second kappa shape index (κ2) is 6.43. The van der Waals surface area contributed by atoms with Crippen LogP contribution in [0, 0.1) is 0 Å². The average Bonchev–Trinajstić information content (AvgIpc) is 2.90. The Morgan fingerprint density at radius 3 is 2.60 bits per heavy atom. The van der Waals surface area contributed by atoms with Gasteiger partial charge < -0.3 is 4.90 Å². The third-order valence-electron chi connectivity index (χ3n) is 4.15. The van der Waals surface area contributed by atoms with Crippen molar-refractivity contribution in [2.45, 2.75) is 13.1 Å². The van der Waals surface area contributed by atoms with Crippen molar-refractivity contribution in [2.75, 3.05) is 14.1 Å². The van der Waals surface area contributed by atoms with Gasteiger partial charge in [-0.3, -0.25) is 9.56 Å². The summed E-state index contributed by atoms with van der Waals surface area (Å²) in [4.78, 5) is 6.90. The molecule has 0 unspecified atom stereocenters. The Bertz CT molecular complexity index is 944. The summed E-state index contributed by atoms with van der Waals surface area (Å²) in [5.41, 5.74) is 3.84. The first-order valence-electron chi connectivity index (χ1n) is 8.12. The molecule has 0 bridgehead atoms. The molecule has 4 rings (SSSR count). The molecular formula is C19H18ClN5. The van der Waals surface area contributed by atoms with Gasteiger partial charge in [-0.25, -0.2) is 0 Å². The fraction of sp³-hybridized carbons (Fsp3) is 0.211. The van der Waals surface area contributed by atoms with Crippen LogP contribution in [-0.4, -0.2) is 39.5 Å². The van der Waals surface area contributed by atoms with Gasteiger partial charge in [-0.2, -0.15) is 0 Å². The van der Waals surface area contributed by atoms with E-state index in [9.17, 15) is 0 Å². The van der Waals surface area contributed by atoms with Crippen molar-refractivity contribution in [2.24, 2.45) is 4.99 Å². The van der Waals surface area contributed by atoms with Gasteiger partial charge in [0.05, 0.1) is 23.0 Å². The minimum absolute atomic E-state index is 0.468. The predicted octanol–water partition coefficient (Wildman–Crippen LogP) is 3.33. The van der Waals surface area contributed by atoms with Gasteiger partial charge in [0, 0.05) is 11.1 Å². The number of fused-ring (bicyclic) bond motifs is 3. The van der Waals surface area contributed by atoms with Crippen molar-refractivity contribution in [1.82, 2.24) is 19.7 Å². The van der Waals surface area contributed by atoms with E-state index in [1.165, 1.54) is 0 Å². The highest BCUT2D eigenvalue weighted by Gasteiger charge is 2.24. The highest BCUT2D eigenvalue weighted by atomic mass is 35.5. The number of rotatable bonds is 3. The summed E-state index contributed by atoms with van der Waals surface area (Å²) >= 11 is 6.61. The molecule has 0 saturated heterocycles. The molecule has 1 aromatic heterocycles. The molecule has 0 aliphatic carbocycles. The Labute approximate surface area is 151 Å². The van der Waals surface area contributed by atoms with Gasteiger partial charge >= 0.3 is 0 Å². The molecule has 2 aromatic carbocycles. The van der Waals surface area contributed by atoms with Crippen molar-refractivity contribution in [3.05, 3.63) is 76.3 Å². The molecule has 2 heterocycles. The molecule has 25 heavy (non-hydrogen) atoms. The van der Waals surface area contributed by atoms with Crippen molar-refractivity contribution < 1.29 is 0 Å². The molecule has 5 nitrogen and oxygen atoms in total. The fourth-order valence-electron chi connectivity index (χ4n) is 3.11. The summed E-state index contributed by atoms with van der Waals surface area (Å²) in [6.07, 6.45) is 0. The SMILES string of the molecule is CN(C)Cc1nnc2n1-c1cccc(Cl)c1C(c1ccccc1)=NC2. The van der Waals surface area contributed by atoms with Crippen LogP contribution in [0.4, 0.5) is 0 Å². The molecule has 0 fully saturated rings. The van der Waals surface area contributed by atoms with Crippen molar-refractivity contribution >= 4 is 17.3 Å². The minimum atomic E-state index is 0.468. The summed E-state index contributed by atoms with van der Waals surface area (Å²) in [6, 6.07) is 16.0. The number of benzene rings is 2. The number of hydrogen-bond donors (Lipinski definition) is 0. The van der Waals surface area contributed by atoms with Crippen LogP contribution in [0.15, 0.2) is 53.5 Å². The summed E-state index contributed by atoms with van der Waals surface area (Å²) in [5, 5.41) is 9.41. The van der Waals surface area contributed by atoms with Crippen LogP contribution < -0.4 is 0 Å². The van der Waals surface area contributed by atoms with Crippen LogP contribution in [0.3, 0.4) is 0 Å². The van der Waals surface area contributed by atoms with Gasteiger partial charge in [-0.15, -0.1) is 10.2 Å². The number of aliphatic imine (C=N–C) groups is 1. The molecule has 6 heteroatoms. The lowest BCUT2D eigenvalue weighted by Gasteiger charge is -2.16. The van der Waals surface area contributed by atoms with Crippen molar-refractivity contribution in [1.29, 1.82) is 0 Å². The van der Waals surface area contributed by atoms with Crippen LogP contribution in [0.1, 0.15) is 22.8 Å². The fourth-order valence-corrected chi connectivity index (χ4v) is 3.37. The molecule has 3 aromatic rings. The van der Waals surface area contributed by atoms with E-state index >= 15 is 0 Å². The second-order valence-corrected chi connectivity index (χ2v) is 6.68. The second-order valence-electron chi connectivity index (χ2n) is 6.27. The van der Waals surface area contributed by atoms with Crippen LogP contribution in [0.2, 0.25) is 5.02 Å². The zero-order valence-electron chi connectivity index (χ0n) is 14.1. The first-order valence-corrected chi connectivity index (χ1v) is 8.50. The zero-order chi connectivity index (χ0) is 17.4. The quantitative estimate of drug-likeness (QED) is 0.727. The van der Waals surface area contributed by atoms with E-state index in [0.29, 0.717) is 18.1 Å². The number of halogens is 1. The van der Waals surface area contributed by atoms with Gasteiger partial charge in [0.15, 0.2) is 11.6 Å². The van der Waals surface area contributed by atoms with Gasteiger partial charge in [0.2, 0.25) is 0 Å². The molecule has 0 radical (unpaired) electrons. The minimum Gasteiger partial charge on any atom is -0.302 e. The van der Waals surface area contributed by atoms with Gasteiger partial charge in [-0.05, 0) is 26.2 Å². The van der Waals surface area contributed by atoms with Crippen LogP contribution >= 0.6 is 11.6 Å². The lowest BCUT2D eigenvalue weighted by molar-refractivity contribution is 0.387. The highest BCUT2D eigenvalue weighted by Crippen LogP contribution is 2.31. The lowest BCUT2D eigenvalue weighted by atomic mass is 10.0. The van der Waals surface area contributed by atoms with Crippen LogP contribution in [0.25, 0.3) is 5.69 Å². The zero-order valence-corrected chi connectivity index (χ0v) is 14.9. The number of hydrogen-bond acceptors (Lipinski definition) is 4. The first-order chi connectivity index (χ1) is 12.1. The summed E-state index contributed by atoms with van der Waals surface area (Å²) in [6.45, 7) is 1.16. The summed E-state index contributed by atoms with van der Waals surface area (Å²) in [5.74, 6) is 1.71. The molecule has 0 amide bonds. The topological polar surface area (TPSA) is 46.3 Å². The molecular weight excluding hydrogens is 334 g/mol. The Morgan fingerprint density at radius 1 is 1.04 bits per heavy atom. The Kier molecular flexibility index (Phi) is 4.11. The molecule has 1 aliphatic heterocycles. The van der Waals surface area contributed by atoms with E-state index in [0.717, 1.165) is 34.2 Å². The summed E-state index contributed by atoms with van der Waals surface area (Å²) in [7, 11) is 4.03. The third kappa shape index (κ3) is 2.86. The van der Waals surface area contributed by atoms with E-state index in [4.69, 9.17) is 16.6 Å². The van der Waals surface area contributed by atoms with E-state index in [-0.39, 0.29) is 0 Å². The Balaban J connectivity index is 1.96. The summed E-state index contributed by atoms with van der Waals surface area (Å²) < 4.78 is 2.08. The van der Waals surface area contributed by atoms with Crippen molar-refractivity contribution in [3.8, 4) is 5.69 Å². The Hall–Kier alpha value is -2.50. The van der Waals surface area contributed by atoms with Gasteiger partial charge in [0.1, 0.15) is 6.54 Å². The molecule has 0 saturated carbocycles. The monoisotopic (exact) mass is 351 g/mol. The van der Waals surface area contributed by atoms with E-state index < -0.39 is 0 Å². The third-order valence-corrected chi connectivity index (χ3v) is 4.46. The molecule has 1 aliphatic rings. The van der Waals surface area contributed by atoms with E-state index in [1.54, 1.807) is 0 Å². The van der Waals surface area contributed by atoms with Crippen LogP contribution in [-0.2, 0) is 13.1 Å². The van der Waals surface area contributed by atoms with E-state index in [1.807, 2.05) is 44.4 Å².